The second-order valence-corrected chi connectivity index (χ2v) is 29.2. The van der Waals surface area contributed by atoms with Crippen LogP contribution in [0.25, 0.3) is 28.0 Å². The summed E-state index contributed by atoms with van der Waals surface area (Å²) in [6, 6.07) is 18.7. The van der Waals surface area contributed by atoms with Crippen LogP contribution in [0.4, 0.5) is 0 Å². The topological polar surface area (TPSA) is 105 Å². The van der Waals surface area contributed by atoms with Crippen LogP contribution in [-0.2, 0) is 26.4 Å². The first kappa shape index (κ1) is 38.7. The van der Waals surface area contributed by atoms with E-state index in [4.69, 9.17) is 29.1 Å². The molecule has 0 saturated heterocycles. The third-order valence-electron chi connectivity index (χ3n) is 11.6. The fourth-order valence-corrected chi connectivity index (χ4v) is 8.73. The molecular formula is C39H59N5O3SSi2. The van der Waals surface area contributed by atoms with Crippen molar-refractivity contribution in [3.8, 4) is 17.1 Å². The SMILES string of the molecule is CC(C)(CC(c1cccc(-c2ccc3cnn(-c4cccc(CO[Si](C)(C)C(C)(C)C)n4)c3c2)n1)C1CC(O[Si](C)(C)C(C)(C)C)C1)[S@](N)=O. The predicted octanol–water partition coefficient (Wildman–Crippen LogP) is 9.68. The van der Waals surface area contributed by atoms with Crippen LogP contribution in [-0.4, -0.2) is 51.4 Å². The number of benzene rings is 1. The van der Waals surface area contributed by atoms with E-state index in [1.165, 1.54) is 0 Å². The fourth-order valence-electron chi connectivity index (χ4n) is 6.06. The summed E-state index contributed by atoms with van der Waals surface area (Å²) in [4.78, 5) is 10.2. The summed E-state index contributed by atoms with van der Waals surface area (Å²) in [7, 11) is -5.24. The van der Waals surface area contributed by atoms with Crippen LogP contribution in [0.15, 0.2) is 60.8 Å². The second-order valence-electron chi connectivity index (χ2n) is 17.9. The van der Waals surface area contributed by atoms with E-state index in [0.717, 1.165) is 52.2 Å². The quantitative estimate of drug-likeness (QED) is 0.145. The van der Waals surface area contributed by atoms with Crippen molar-refractivity contribution in [2.24, 2.45) is 11.1 Å². The normalized spacial score (nSPS) is 19.0. The zero-order valence-corrected chi connectivity index (χ0v) is 35.1. The van der Waals surface area contributed by atoms with Gasteiger partial charge in [0.1, 0.15) is 0 Å². The summed E-state index contributed by atoms with van der Waals surface area (Å²) in [5.74, 6) is 1.26. The van der Waals surface area contributed by atoms with Crippen molar-refractivity contribution in [1.82, 2.24) is 19.7 Å². The summed E-state index contributed by atoms with van der Waals surface area (Å²) >= 11 is 0. The average molecular weight is 734 g/mol. The van der Waals surface area contributed by atoms with Crippen LogP contribution < -0.4 is 5.14 Å². The molecule has 2 atom stereocenters. The van der Waals surface area contributed by atoms with Crippen molar-refractivity contribution in [2.45, 2.75) is 134 Å². The molecule has 1 unspecified atom stereocenters. The maximum absolute atomic E-state index is 12.6. The van der Waals surface area contributed by atoms with E-state index in [9.17, 15) is 4.21 Å². The molecular weight excluding hydrogens is 675 g/mol. The number of nitrogens with zero attached hydrogens (tertiary/aromatic N) is 4. The molecule has 1 saturated carbocycles. The molecule has 1 aromatic carbocycles. The minimum atomic E-state index is -1.91. The van der Waals surface area contributed by atoms with E-state index in [1.54, 1.807) is 0 Å². The first-order valence-electron chi connectivity index (χ1n) is 18.0. The van der Waals surface area contributed by atoms with Gasteiger partial charge in [0.15, 0.2) is 22.5 Å². The Hall–Kier alpha value is -2.55. The fraction of sp³-hybridized carbons (Fsp3) is 0.564. The lowest BCUT2D eigenvalue weighted by Gasteiger charge is -2.47. The van der Waals surface area contributed by atoms with Gasteiger partial charge in [0.25, 0.3) is 0 Å². The lowest BCUT2D eigenvalue weighted by atomic mass is 9.69. The van der Waals surface area contributed by atoms with E-state index in [2.05, 4.69) is 104 Å². The van der Waals surface area contributed by atoms with Gasteiger partial charge in [-0.15, -0.1) is 0 Å². The molecule has 0 radical (unpaired) electrons. The number of pyridine rings is 2. The van der Waals surface area contributed by atoms with Gasteiger partial charge in [-0.2, -0.15) is 5.10 Å². The first-order chi connectivity index (χ1) is 23.1. The molecule has 8 nitrogen and oxygen atoms in total. The molecule has 2 N–H and O–H groups in total. The predicted molar refractivity (Wildman–Crippen MR) is 213 cm³/mol. The van der Waals surface area contributed by atoms with Gasteiger partial charge in [0.2, 0.25) is 0 Å². The van der Waals surface area contributed by atoms with Gasteiger partial charge in [-0.05, 0) is 106 Å². The monoisotopic (exact) mass is 733 g/mol. The van der Waals surface area contributed by atoms with Gasteiger partial charge in [0, 0.05) is 28.7 Å². The Morgan fingerprint density at radius 2 is 1.56 bits per heavy atom. The maximum atomic E-state index is 12.6. The van der Waals surface area contributed by atoms with Gasteiger partial charge in [0.05, 0.1) is 45.4 Å². The van der Waals surface area contributed by atoms with Crippen molar-refractivity contribution >= 4 is 38.5 Å². The van der Waals surface area contributed by atoms with Crippen LogP contribution in [0.2, 0.25) is 36.3 Å². The Morgan fingerprint density at radius 3 is 2.20 bits per heavy atom. The van der Waals surface area contributed by atoms with Gasteiger partial charge < -0.3 is 8.85 Å². The molecule has 3 heterocycles. The highest BCUT2D eigenvalue weighted by Crippen LogP contribution is 2.48. The number of hydrogen-bond donors (Lipinski definition) is 1. The Labute approximate surface area is 304 Å². The van der Waals surface area contributed by atoms with Crippen molar-refractivity contribution in [3.63, 3.8) is 0 Å². The number of fused-ring (bicyclic) bond motifs is 1. The third-order valence-corrected chi connectivity index (χ3v) is 21.9. The van der Waals surface area contributed by atoms with Gasteiger partial charge in [-0.1, -0.05) is 65.8 Å². The molecule has 272 valence electrons. The van der Waals surface area contributed by atoms with Gasteiger partial charge >= 0.3 is 0 Å². The molecule has 5 rings (SSSR count). The van der Waals surface area contributed by atoms with E-state index < -0.39 is 32.4 Å². The van der Waals surface area contributed by atoms with E-state index >= 15 is 0 Å². The van der Waals surface area contributed by atoms with Gasteiger partial charge in [-0.25, -0.2) is 13.9 Å². The molecule has 0 amide bonds. The molecule has 3 aromatic heterocycles. The molecule has 1 aliphatic carbocycles. The summed E-state index contributed by atoms with van der Waals surface area (Å²) in [5, 5.41) is 12.1. The molecule has 0 spiro atoms. The van der Waals surface area contributed by atoms with E-state index in [1.807, 2.05) is 42.9 Å². The van der Waals surface area contributed by atoms with Crippen LogP contribution >= 0.6 is 0 Å². The lowest BCUT2D eigenvalue weighted by Crippen LogP contribution is -2.49. The number of rotatable bonds is 12. The average Bonchev–Trinajstić information content (AvgIpc) is 3.43. The molecule has 1 aliphatic rings. The highest BCUT2D eigenvalue weighted by molar-refractivity contribution is 7.84. The standard InChI is InChI=1S/C39H59N5O3SSi2/c1-37(2,3)49(9,10)46-26-30-15-13-18-36(42-30)44-35-23-27(19-20-28(35)25-41-44)33-16-14-17-34(43-33)32(24-39(7,8)48(40)45)29-21-31(22-29)47-50(11,12)38(4,5)6/h13-20,23,25,29,31-32H,21-22,24,26,40H2,1-12H3/t29?,31?,32?,48-/m1/s1. The van der Waals surface area contributed by atoms with Crippen molar-refractivity contribution in [1.29, 1.82) is 0 Å². The van der Waals surface area contributed by atoms with Crippen molar-refractivity contribution < 1.29 is 13.1 Å². The van der Waals surface area contributed by atoms with E-state index in [-0.39, 0.29) is 22.1 Å². The van der Waals surface area contributed by atoms with Crippen molar-refractivity contribution in [3.05, 3.63) is 72.2 Å². The van der Waals surface area contributed by atoms with Crippen LogP contribution in [0, 0.1) is 5.92 Å². The Morgan fingerprint density at radius 1 is 0.900 bits per heavy atom. The maximum Gasteiger partial charge on any atom is 0.192 e. The Kier molecular flexibility index (Phi) is 10.9. The van der Waals surface area contributed by atoms with Gasteiger partial charge in [-0.3, -0.25) is 10.1 Å². The van der Waals surface area contributed by atoms with Crippen LogP contribution in [0.1, 0.15) is 92.0 Å². The Balaban J connectivity index is 1.42. The zero-order chi connectivity index (χ0) is 36.9. The minimum Gasteiger partial charge on any atom is -0.414 e. The highest BCUT2D eigenvalue weighted by Gasteiger charge is 2.46. The third kappa shape index (κ3) is 8.39. The molecule has 1 fully saturated rings. The zero-order valence-electron chi connectivity index (χ0n) is 32.3. The highest BCUT2D eigenvalue weighted by atomic mass is 32.2. The molecule has 0 bridgehead atoms. The molecule has 11 heteroatoms. The molecule has 4 aromatic rings. The van der Waals surface area contributed by atoms with Crippen LogP contribution in [0.3, 0.4) is 0 Å². The summed E-state index contributed by atoms with van der Waals surface area (Å²) in [5.41, 5.74) is 4.77. The molecule has 50 heavy (non-hydrogen) atoms. The number of hydrogen-bond acceptors (Lipinski definition) is 6. The van der Waals surface area contributed by atoms with E-state index in [0.29, 0.717) is 18.9 Å². The summed E-state index contributed by atoms with van der Waals surface area (Å²) < 4.78 is 27.2. The number of aromatic nitrogens is 4. The minimum absolute atomic E-state index is 0.117. The van der Waals surface area contributed by atoms with Crippen LogP contribution in [0.5, 0.6) is 0 Å². The second kappa shape index (κ2) is 14.1. The summed E-state index contributed by atoms with van der Waals surface area (Å²) in [6.07, 6.45) is 4.79. The summed E-state index contributed by atoms with van der Waals surface area (Å²) in [6.45, 7) is 27.3. The van der Waals surface area contributed by atoms with Crippen molar-refractivity contribution in [2.75, 3.05) is 0 Å². The lowest BCUT2D eigenvalue weighted by molar-refractivity contribution is 0.0357. The smallest absolute Gasteiger partial charge is 0.192 e. The first-order valence-corrected chi connectivity index (χ1v) is 25.0. The molecule has 0 aliphatic heterocycles. The number of nitrogens with two attached hydrogens (primary N) is 1. The largest absolute Gasteiger partial charge is 0.414 e. The Bertz CT molecular complexity index is 1840.